The Morgan fingerprint density at radius 2 is 1.81 bits per heavy atom. The highest BCUT2D eigenvalue weighted by molar-refractivity contribution is 6.35. The van der Waals surface area contributed by atoms with Crippen LogP contribution in [0.5, 0.6) is 17.2 Å². The van der Waals surface area contributed by atoms with Crippen molar-refractivity contribution in [2.45, 2.75) is 13.5 Å². The first-order chi connectivity index (χ1) is 17.5. The lowest BCUT2D eigenvalue weighted by Gasteiger charge is -2.09. The summed E-state index contributed by atoms with van der Waals surface area (Å²) in [6.07, 6.45) is 1.36. The van der Waals surface area contributed by atoms with Gasteiger partial charge in [0.15, 0.2) is 18.1 Å². The Labute approximate surface area is 207 Å². The van der Waals surface area contributed by atoms with Gasteiger partial charge in [0.05, 0.1) is 6.21 Å². The Morgan fingerprint density at radius 1 is 0.972 bits per heavy atom. The summed E-state index contributed by atoms with van der Waals surface area (Å²) in [6.45, 7) is 2.03. The molecule has 3 N–H and O–H groups in total. The van der Waals surface area contributed by atoms with Crippen LogP contribution in [-0.4, -0.2) is 37.3 Å². The number of hydrogen-bond acceptors (Lipinski definition) is 7. The smallest absolute Gasteiger partial charge is 0.329 e. The highest BCUT2D eigenvalue weighted by Gasteiger charge is 2.15. The second-order valence-electron chi connectivity index (χ2n) is 7.79. The van der Waals surface area contributed by atoms with Crippen molar-refractivity contribution in [1.82, 2.24) is 10.7 Å². The van der Waals surface area contributed by atoms with Crippen LogP contribution in [-0.2, 0) is 20.9 Å². The third kappa shape index (κ3) is 6.60. The standard InChI is InChI=1S/C26H24N4O6/c1-17-5-2-3-8-21(17)29-24(31)15-34-20-7-4-6-18(11-20)14-28-30-26(33)25(32)27-13-19-9-10-22-23(12-19)36-16-35-22/h2-12,14H,13,15-16H2,1H3,(H,27,32)(H,29,31)(H,30,33)/b28-14-. The normalized spacial score (nSPS) is 11.7. The Morgan fingerprint density at radius 3 is 2.67 bits per heavy atom. The molecule has 0 fully saturated rings. The molecule has 1 aliphatic heterocycles. The van der Waals surface area contributed by atoms with Gasteiger partial charge in [0.2, 0.25) is 6.79 Å². The number of benzene rings is 3. The number of carbonyl (C=O) groups is 3. The molecule has 10 nitrogen and oxygen atoms in total. The summed E-state index contributed by atoms with van der Waals surface area (Å²) in [5.41, 5.74) is 5.22. The molecule has 3 aromatic carbocycles. The van der Waals surface area contributed by atoms with Crippen molar-refractivity contribution in [3.05, 3.63) is 83.4 Å². The van der Waals surface area contributed by atoms with E-state index in [0.29, 0.717) is 22.8 Å². The van der Waals surface area contributed by atoms with Gasteiger partial charge in [0.25, 0.3) is 5.91 Å². The summed E-state index contributed by atoms with van der Waals surface area (Å²) < 4.78 is 16.1. The van der Waals surface area contributed by atoms with Crippen molar-refractivity contribution in [1.29, 1.82) is 0 Å². The molecule has 36 heavy (non-hydrogen) atoms. The van der Waals surface area contributed by atoms with Gasteiger partial charge in [-0.1, -0.05) is 36.4 Å². The first-order valence-electron chi connectivity index (χ1n) is 11.1. The van der Waals surface area contributed by atoms with Crippen LogP contribution in [0.25, 0.3) is 0 Å². The van der Waals surface area contributed by atoms with Crippen molar-refractivity contribution in [3.8, 4) is 17.2 Å². The van der Waals surface area contributed by atoms with Crippen molar-refractivity contribution in [2.24, 2.45) is 5.10 Å². The number of hydrazone groups is 1. The first-order valence-corrected chi connectivity index (χ1v) is 11.1. The van der Waals surface area contributed by atoms with E-state index in [-0.39, 0.29) is 25.9 Å². The van der Waals surface area contributed by atoms with Crippen molar-refractivity contribution in [2.75, 3.05) is 18.7 Å². The number of rotatable bonds is 8. The SMILES string of the molecule is Cc1ccccc1NC(=O)COc1cccc(/C=N\NC(=O)C(=O)NCc2ccc3c(c2)OCO3)c1. The number of aryl methyl sites for hydroxylation is 1. The van der Waals surface area contributed by atoms with E-state index in [0.717, 1.165) is 16.8 Å². The summed E-state index contributed by atoms with van der Waals surface area (Å²) in [5, 5.41) is 9.12. The maximum absolute atomic E-state index is 12.2. The molecule has 0 atom stereocenters. The van der Waals surface area contributed by atoms with Gasteiger partial charge >= 0.3 is 11.8 Å². The molecule has 0 saturated heterocycles. The van der Waals surface area contributed by atoms with E-state index in [1.807, 2.05) is 31.2 Å². The number of nitrogens with zero attached hydrogens (tertiary/aromatic N) is 1. The molecule has 0 spiro atoms. The zero-order valence-corrected chi connectivity index (χ0v) is 19.4. The third-order valence-corrected chi connectivity index (χ3v) is 5.12. The van der Waals surface area contributed by atoms with E-state index in [9.17, 15) is 14.4 Å². The fourth-order valence-corrected chi connectivity index (χ4v) is 3.26. The minimum absolute atomic E-state index is 0.142. The summed E-state index contributed by atoms with van der Waals surface area (Å²) >= 11 is 0. The number of hydrogen-bond donors (Lipinski definition) is 3. The quantitative estimate of drug-likeness (QED) is 0.254. The second-order valence-corrected chi connectivity index (χ2v) is 7.79. The lowest BCUT2D eigenvalue weighted by Crippen LogP contribution is -2.37. The fraction of sp³-hybridized carbons (Fsp3) is 0.154. The van der Waals surface area contributed by atoms with Gasteiger partial charge < -0.3 is 24.8 Å². The molecule has 3 amide bonds. The maximum Gasteiger partial charge on any atom is 0.329 e. The van der Waals surface area contributed by atoms with E-state index < -0.39 is 11.8 Å². The van der Waals surface area contributed by atoms with Gasteiger partial charge in [0.1, 0.15) is 5.75 Å². The number of ether oxygens (including phenoxy) is 3. The number of fused-ring (bicyclic) bond motifs is 1. The molecule has 0 bridgehead atoms. The molecule has 10 heteroatoms. The molecule has 1 aliphatic rings. The lowest BCUT2D eigenvalue weighted by atomic mass is 10.2. The molecule has 0 aromatic heterocycles. The van der Waals surface area contributed by atoms with Gasteiger partial charge in [-0.05, 0) is 53.9 Å². The summed E-state index contributed by atoms with van der Waals surface area (Å²) in [6, 6.07) is 19.5. The summed E-state index contributed by atoms with van der Waals surface area (Å²) in [4.78, 5) is 36.2. The minimum Gasteiger partial charge on any atom is -0.484 e. The van der Waals surface area contributed by atoms with E-state index in [1.165, 1.54) is 6.21 Å². The van der Waals surface area contributed by atoms with E-state index in [2.05, 4.69) is 21.2 Å². The molecule has 3 aromatic rings. The van der Waals surface area contributed by atoms with Crippen LogP contribution in [0.3, 0.4) is 0 Å². The molecule has 0 unspecified atom stereocenters. The minimum atomic E-state index is -0.910. The van der Waals surface area contributed by atoms with E-state index in [1.54, 1.807) is 42.5 Å². The highest BCUT2D eigenvalue weighted by atomic mass is 16.7. The molecule has 4 rings (SSSR count). The van der Waals surface area contributed by atoms with Crippen LogP contribution in [0.15, 0.2) is 71.8 Å². The van der Waals surface area contributed by atoms with Crippen molar-refractivity contribution < 1.29 is 28.6 Å². The topological polar surface area (TPSA) is 127 Å². The monoisotopic (exact) mass is 488 g/mol. The average Bonchev–Trinajstić information content (AvgIpc) is 3.35. The summed E-state index contributed by atoms with van der Waals surface area (Å²) in [7, 11) is 0. The molecular formula is C26H24N4O6. The van der Waals surface area contributed by atoms with E-state index >= 15 is 0 Å². The molecule has 0 saturated carbocycles. The van der Waals surface area contributed by atoms with Crippen LogP contribution in [0.1, 0.15) is 16.7 Å². The summed E-state index contributed by atoms with van der Waals surface area (Å²) in [5.74, 6) is -0.353. The molecule has 0 radical (unpaired) electrons. The van der Waals surface area contributed by atoms with Gasteiger partial charge in [-0.3, -0.25) is 14.4 Å². The van der Waals surface area contributed by atoms with Crippen LogP contribution in [0.4, 0.5) is 5.69 Å². The largest absolute Gasteiger partial charge is 0.484 e. The van der Waals surface area contributed by atoms with Crippen LogP contribution in [0, 0.1) is 6.92 Å². The Hall–Kier alpha value is -4.86. The fourth-order valence-electron chi connectivity index (χ4n) is 3.26. The van der Waals surface area contributed by atoms with Gasteiger partial charge in [-0.15, -0.1) is 0 Å². The van der Waals surface area contributed by atoms with Crippen LogP contribution >= 0.6 is 0 Å². The highest BCUT2D eigenvalue weighted by Crippen LogP contribution is 2.32. The first kappa shape index (κ1) is 24.3. The average molecular weight is 489 g/mol. The number of carbonyl (C=O) groups excluding carboxylic acids is 3. The maximum atomic E-state index is 12.2. The van der Waals surface area contributed by atoms with Gasteiger partial charge in [0, 0.05) is 12.2 Å². The zero-order chi connectivity index (χ0) is 25.3. The number of nitrogens with one attached hydrogen (secondary N) is 3. The molecular weight excluding hydrogens is 464 g/mol. The number of amides is 3. The third-order valence-electron chi connectivity index (χ3n) is 5.12. The Balaban J connectivity index is 1.22. The van der Waals surface area contributed by atoms with Gasteiger partial charge in [-0.25, -0.2) is 5.43 Å². The predicted octanol–water partition coefficient (Wildman–Crippen LogP) is 2.51. The predicted molar refractivity (Wildman–Crippen MR) is 132 cm³/mol. The molecule has 1 heterocycles. The number of para-hydroxylation sites is 1. The van der Waals surface area contributed by atoms with Crippen molar-refractivity contribution in [3.63, 3.8) is 0 Å². The van der Waals surface area contributed by atoms with Gasteiger partial charge in [-0.2, -0.15) is 5.10 Å². The number of anilines is 1. The molecule has 0 aliphatic carbocycles. The Bertz CT molecular complexity index is 1310. The zero-order valence-electron chi connectivity index (χ0n) is 19.4. The van der Waals surface area contributed by atoms with Crippen LogP contribution in [0.2, 0.25) is 0 Å². The molecule has 184 valence electrons. The van der Waals surface area contributed by atoms with E-state index in [4.69, 9.17) is 14.2 Å². The Kier molecular flexibility index (Phi) is 7.76. The van der Waals surface area contributed by atoms with Crippen LogP contribution < -0.4 is 30.3 Å². The second kappa shape index (κ2) is 11.5. The van der Waals surface area contributed by atoms with Crippen molar-refractivity contribution >= 4 is 29.6 Å². The lowest BCUT2D eigenvalue weighted by molar-refractivity contribution is -0.139.